The minimum Gasteiger partial charge on any atom is -0.383 e. The molecule has 0 saturated heterocycles. The monoisotopic (exact) mass is 502 g/mol. The number of hydrogen-bond donors (Lipinski definition) is 2. The van der Waals surface area contributed by atoms with Crippen molar-refractivity contribution in [3.63, 3.8) is 0 Å². The predicted molar refractivity (Wildman–Crippen MR) is 128 cm³/mol. The molecule has 0 atom stereocenters. The summed E-state index contributed by atoms with van der Waals surface area (Å²) < 4.78 is 7.38. The summed E-state index contributed by atoms with van der Waals surface area (Å²) in [6.07, 6.45) is 2.09. The quantitative estimate of drug-likeness (QED) is 0.214. The van der Waals surface area contributed by atoms with Crippen molar-refractivity contribution in [2.24, 2.45) is 4.99 Å². The topological polar surface area (TPSA) is 66.7 Å². The number of aryl methyl sites for hydroxylation is 2. The molecule has 7 nitrogen and oxygen atoms in total. The second-order valence-electron chi connectivity index (χ2n) is 6.73. The number of benzene rings is 1. The van der Waals surface area contributed by atoms with Gasteiger partial charge in [0.25, 0.3) is 0 Å². The van der Waals surface area contributed by atoms with Crippen molar-refractivity contribution in [2.75, 3.05) is 54.0 Å². The number of guanidine groups is 1. The number of ether oxygens (including phenoxy) is 1. The van der Waals surface area contributed by atoms with Gasteiger partial charge in [0.15, 0.2) is 5.96 Å². The maximum absolute atomic E-state index is 5.10. The molecule has 0 unspecified atom stereocenters. The number of aromatic nitrogens is 2. The zero-order valence-corrected chi connectivity index (χ0v) is 19.9. The molecule has 0 aliphatic carbocycles. The highest BCUT2D eigenvalue weighted by Crippen LogP contribution is 2.15. The van der Waals surface area contributed by atoms with E-state index in [-0.39, 0.29) is 24.0 Å². The summed E-state index contributed by atoms with van der Waals surface area (Å²) in [5.41, 5.74) is 2.27. The fourth-order valence-corrected chi connectivity index (χ4v) is 3.06. The smallest absolute Gasteiger partial charge is 0.190 e. The average molecular weight is 502 g/mol. The van der Waals surface area contributed by atoms with E-state index in [1.165, 1.54) is 5.52 Å². The standard InChI is InChI=1S/C20H34N6O.HI/c1-17-24-18-9-5-6-10-19(18)26(17)14-8-12-23-20(21-2)22-11-7-13-25(3)15-16-27-4;/h5-6,9-10H,7-8,11-16H2,1-4H3,(H2,21,22,23);1H. The van der Waals surface area contributed by atoms with E-state index in [0.29, 0.717) is 0 Å². The molecule has 0 aliphatic heterocycles. The first kappa shape index (κ1) is 24.6. The summed E-state index contributed by atoms with van der Waals surface area (Å²) in [6.45, 7) is 7.57. The first-order valence-corrected chi connectivity index (χ1v) is 9.69. The molecule has 0 amide bonds. The van der Waals surface area contributed by atoms with Crippen LogP contribution in [0.5, 0.6) is 0 Å². The Labute approximate surface area is 186 Å². The molecule has 1 aromatic heterocycles. The van der Waals surface area contributed by atoms with E-state index in [1.807, 2.05) is 13.1 Å². The molecule has 0 bridgehead atoms. The highest BCUT2D eigenvalue weighted by Gasteiger charge is 2.06. The molecule has 0 aliphatic rings. The number of fused-ring (bicyclic) bond motifs is 1. The van der Waals surface area contributed by atoms with Crippen LogP contribution < -0.4 is 10.6 Å². The van der Waals surface area contributed by atoms with Crippen molar-refractivity contribution in [1.82, 2.24) is 25.1 Å². The second-order valence-corrected chi connectivity index (χ2v) is 6.73. The molecule has 2 aromatic rings. The Kier molecular flexibility index (Phi) is 12.1. The fraction of sp³-hybridized carbons (Fsp3) is 0.600. The summed E-state index contributed by atoms with van der Waals surface area (Å²) in [7, 11) is 5.67. The second kappa shape index (κ2) is 13.7. The summed E-state index contributed by atoms with van der Waals surface area (Å²) in [4.78, 5) is 11.2. The number of hydrogen-bond acceptors (Lipinski definition) is 4. The van der Waals surface area contributed by atoms with Crippen molar-refractivity contribution in [3.05, 3.63) is 30.1 Å². The van der Waals surface area contributed by atoms with Crippen molar-refractivity contribution >= 4 is 41.0 Å². The summed E-state index contributed by atoms with van der Waals surface area (Å²) >= 11 is 0. The van der Waals surface area contributed by atoms with Crippen molar-refractivity contribution in [1.29, 1.82) is 0 Å². The van der Waals surface area contributed by atoms with E-state index in [1.54, 1.807) is 7.11 Å². The maximum Gasteiger partial charge on any atom is 0.190 e. The zero-order chi connectivity index (χ0) is 19.5. The Balaban J connectivity index is 0.00000392. The van der Waals surface area contributed by atoms with Gasteiger partial charge in [-0.3, -0.25) is 4.99 Å². The minimum absolute atomic E-state index is 0. The lowest BCUT2D eigenvalue weighted by Crippen LogP contribution is -2.39. The first-order chi connectivity index (χ1) is 13.2. The van der Waals surface area contributed by atoms with Gasteiger partial charge in [-0.15, -0.1) is 24.0 Å². The van der Waals surface area contributed by atoms with Gasteiger partial charge in [0.05, 0.1) is 17.6 Å². The molecule has 1 heterocycles. The van der Waals surface area contributed by atoms with Gasteiger partial charge in [-0.1, -0.05) is 12.1 Å². The first-order valence-electron chi connectivity index (χ1n) is 9.69. The maximum atomic E-state index is 5.10. The van der Waals surface area contributed by atoms with Crippen LogP contribution in [0.3, 0.4) is 0 Å². The van der Waals surface area contributed by atoms with Crippen LogP contribution >= 0.6 is 24.0 Å². The number of halogens is 1. The van der Waals surface area contributed by atoms with Crippen LogP contribution in [0.4, 0.5) is 0 Å². The normalized spacial score (nSPS) is 11.7. The highest BCUT2D eigenvalue weighted by molar-refractivity contribution is 14.0. The van der Waals surface area contributed by atoms with Gasteiger partial charge in [-0.05, 0) is 45.5 Å². The molecule has 1 aromatic carbocycles. The zero-order valence-electron chi connectivity index (χ0n) is 17.6. The minimum atomic E-state index is 0. The Bertz CT molecular complexity index is 718. The number of nitrogens with zero attached hydrogens (tertiary/aromatic N) is 4. The van der Waals surface area contributed by atoms with Crippen LogP contribution in [0.1, 0.15) is 18.7 Å². The SMILES string of the molecule is CN=C(NCCCN(C)CCOC)NCCCn1c(C)nc2ccccc21.I. The molecule has 0 spiro atoms. The number of aliphatic imine (C=N–C) groups is 1. The van der Waals surface area contributed by atoms with Crippen molar-refractivity contribution < 1.29 is 4.74 Å². The lowest BCUT2D eigenvalue weighted by molar-refractivity contribution is 0.161. The van der Waals surface area contributed by atoms with Gasteiger partial charge in [0, 0.05) is 40.3 Å². The molecule has 28 heavy (non-hydrogen) atoms. The average Bonchev–Trinajstić information content (AvgIpc) is 3.00. The van der Waals surface area contributed by atoms with Gasteiger partial charge >= 0.3 is 0 Å². The van der Waals surface area contributed by atoms with Gasteiger partial charge in [0.2, 0.25) is 0 Å². The van der Waals surface area contributed by atoms with Crippen LogP contribution in [-0.2, 0) is 11.3 Å². The van der Waals surface area contributed by atoms with Crippen LogP contribution in [0, 0.1) is 6.92 Å². The molecule has 8 heteroatoms. The number of rotatable bonds is 11. The third-order valence-corrected chi connectivity index (χ3v) is 4.61. The van der Waals surface area contributed by atoms with E-state index < -0.39 is 0 Å². The predicted octanol–water partition coefficient (Wildman–Crippen LogP) is 2.49. The molecule has 0 radical (unpaired) electrons. The third-order valence-electron chi connectivity index (χ3n) is 4.61. The van der Waals surface area contributed by atoms with Gasteiger partial charge in [-0.25, -0.2) is 4.98 Å². The Hall–Kier alpha value is -1.39. The number of methoxy groups -OCH3 is 1. The molecule has 2 N–H and O–H groups in total. The molecule has 0 saturated carbocycles. The Morgan fingerprint density at radius 1 is 1.18 bits per heavy atom. The third kappa shape index (κ3) is 7.92. The largest absolute Gasteiger partial charge is 0.383 e. The Morgan fingerprint density at radius 2 is 1.89 bits per heavy atom. The van der Waals surface area contributed by atoms with Crippen molar-refractivity contribution in [3.8, 4) is 0 Å². The molecule has 0 fully saturated rings. The number of likely N-dealkylation sites (N-methyl/N-ethyl adjacent to an activating group) is 1. The van der Waals surface area contributed by atoms with Crippen molar-refractivity contribution in [2.45, 2.75) is 26.3 Å². The van der Waals surface area contributed by atoms with Gasteiger partial charge < -0.3 is 24.8 Å². The number of imidazole rings is 1. The molecule has 158 valence electrons. The highest BCUT2D eigenvalue weighted by atomic mass is 127. The van der Waals surface area contributed by atoms with E-state index in [2.05, 4.69) is 62.2 Å². The van der Waals surface area contributed by atoms with Crippen LogP contribution in [-0.4, -0.2) is 74.4 Å². The molecular formula is C20H35IN6O. The van der Waals surface area contributed by atoms with E-state index >= 15 is 0 Å². The van der Waals surface area contributed by atoms with Gasteiger partial charge in [0.1, 0.15) is 5.82 Å². The van der Waals surface area contributed by atoms with E-state index in [4.69, 9.17) is 4.74 Å². The van der Waals surface area contributed by atoms with Crippen LogP contribution in [0.25, 0.3) is 11.0 Å². The van der Waals surface area contributed by atoms with E-state index in [0.717, 1.165) is 69.5 Å². The lowest BCUT2D eigenvalue weighted by Gasteiger charge is -2.17. The molecule has 2 rings (SSSR count). The van der Waals surface area contributed by atoms with Crippen LogP contribution in [0.15, 0.2) is 29.3 Å². The van der Waals surface area contributed by atoms with Crippen LogP contribution in [0.2, 0.25) is 0 Å². The summed E-state index contributed by atoms with van der Waals surface area (Å²) in [6, 6.07) is 8.30. The molecular weight excluding hydrogens is 467 g/mol. The van der Waals surface area contributed by atoms with E-state index in [9.17, 15) is 0 Å². The Morgan fingerprint density at radius 3 is 2.61 bits per heavy atom. The summed E-state index contributed by atoms with van der Waals surface area (Å²) in [5, 5.41) is 6.77. The number of para-hydroxylation sites is 2. The lowest BCUT2D eigenvalue weighted by atomic mass is 10.3. The fourth-order valence-electron chi connectivity index (χ4n) is 3.06. The number of nitrogens with one attached hydrogen (secondary N) is 2. The van der Waals surface area contributed by atoms with Gasteiger partial charge in [-0.2, -0.15) is 0 Å². The summed E-state index contributed by atoms with van der Waals surface area (Å²) in [5.74, 6) is 1.93.